The normalized spacial score (nSPS) is 39.7. The summed E-state index contributed by atoms with van der Waals surface area (Å²) < 4.78 is 15.6. The fourth-order valence-corrected chi connectivity index (χ4v) is 7.38. The van der Waals surface area contributed by atoms with Crippen molar-refractivity contribution in [3.8, 4) is 0 Å². The van der Waals surface area contributed by atoms with Crippen LogP contribution in [-0.2, 0) is 4.79 Å². The van der Waals surface area contributed by atoms with Gasteiger partial charge in [-0.1, -0.05) is 38.1 Å². The lowest BCUT2D eigenvalue weighted by Crippen LogP contribution is -2.49. The highest BCUT2D eigenvalue weighted by Crippen LogP contribution is 2.66. The first-order chi connectivity index (χ1) is 14.3. The number of fused-ring (bicyclic) bond motifs is 5. The molecule has 6 unspecified atom stereocenters. The van der Waals surface area contributed by atoms with E-state index in [1.54, 1.807) is 6.92 Å². The molecule has 0 saturated heterocycles. The molecule has 0 bridgehead atoms. The number of carbonyl (C=O) groups is 1. The molecule has 5 rings (SSSR count). The van der Waals surface area contributed by atoms with E-state index in [1.807, 2.05) is 42.5 Å². The summed E-state index contributed by atoms with van der Waals surface area (Å²) in [5, 5.41) is 3.44. The summed E-state index contributed by atoms with van der Waals surface area (Å²) in [4.78, 5) is 12.3. The van der Waals surface area contributed by atoms with Crippen molar-refractivity contribution in [1.29, 1.82) is 0 Å². The summed E-state index contributed by atoms with van der Waals surface area (Å²) in [5.41, 5.74) is 2.73. The fourth-order valence-electron chi connectivity index (χ4n) is 7.38. The Morgan fingerprint density at radius 3 is 2.60 bits per heavy atom. The minimum absolute atomic E-state index is 0.0336. The molecule has 6 atom stereocenters. The maximum Gasteiger partial charge on any atom is 0.133 e. The summed E-state index contributed by atoms with van der Waals surface area (Å²) >= 11 is 0. The number of Topliss-reactive ketones (excluding diaryl/α,β-unsaturated/α-hetero) is 1. The zero-order valence-corrected chi connectivity index (χ0v) is 18.2. The van der Waals surface area contributed by atoms with Gasteiger partial charge in [-0.25, -0.2) is 4.39 Å². The van der Waals surface area contributed by atoms with Gasteiger partial charge in [0.1, 0.15) is 11.6 Å². The molecule has 3 heteroatoms. The molecule has 2 nitrogen and oxygen atoms in total. The van der Waals surface area contributed by atoms with Crippen LogP contribution in [0.3, 0.4) is 0 Å². The van der Waals surface area contributed by atoms with Crippen LogP contribution in [0.4, 0.5) is 10.1 Å². The molecule has 4 aliphatic rings. The molecule has 30 heavy (non-hydrogen) atoms. The van der Waals surface area contributed by atoms with Crippen molar-refractivity contribution in [1.82, 2.24) is 0 Å². The highest BCUT2D eigenvalue weighted by atomic mass is 19.1. The molecule has 1 aromatic carbocycles. The maximum absolute atomic E-state index is 15.6. The number of nitrogens with one attached hydrogen (secondary N) is 1. The average Bonchev–Trinajstić information content (AvgIpc) is 3.08. The van der Waals surface area contributed by atoms with E-state index in [0.29, 0.717) is 17.6 Å². The summed E-state index contributed by atoms with van der Waals surface area (Å²) in [6, 6.07) is 10.1. The second-order valence-electron chi connectivity index (χ2n) is 10.4. The number of ketones is 1. The van der Waals surface area contributed by atoms with Gasteiger partial charge in [0, 0.05) is 22.7 Å². The van der Waals surface area contributed by atoms with Crippen molar-refractivity contribution in [2.24, 2.45) is 34.5 Å². The Kier molecular flexibility index (Phi) is 4.57. The number of allylic oxidation sites excluding steroid dienone is 5. The van der Waals surface area contributed by atoms with Crippen molar-refractivity contribution in [2.75, 3.05) is 5.32 Å². The van der Waals surface area contributed by atoms with Gasteiger partial charge < -0.3 is 5.32 Å². The van der Waals surface area contributed by atoms with Crippen molar-refractivity contribution >= 4 is 11.5 Å². The van der Waals surface area contributed by atoms with Gasteiger partial charge in [-0.15, -0.1) is 0 Å². The number of benzene rings is 1. The molecular formula is C27H32FNO. The quantitative estimate of drug-likeness (QED) is 0.597. The van der Waals surface area contributed by atoms with Crippen LogP contribution in [0.2, 0.25) is 0 Å². The van der Waals surface area contributed by atoms with E-state index in [0.717, 1.165) is 49.1 Å². The molecule has 0 radical (unpaired) electrons. The number of halogens is 1. The number of hydrogen-bond acceptors (Lipinski definition) is 2. The van der Waals surface area contributed by atoms with Crippen LogP contribution in [0.1, 0.15) is 52.9 Å². The van der Waals surface area contributed by atoms with Gasteiger partial charge in [0.05, 0.1) is 0 Å². The number of para-hydroxylation sites is 1. The molecule has 0 heterocycles. The van der Waals surface area contributed by atoms with E-state index in [2.05, 4.69) is 25.2 Å². The van der Waals surface area contributed by atoms with Crippen LogP contribution in [0.15, 0.2) is 65.7 Å². The Morgan fingerprint density at radius 1 is 1.10 bits per heavy atom. The minimum Gasteiger partial charge on any atom is -0.356 e. The lowest BCUT2D eigenvalue weighted by Gasteiger charge is -2.55. The van der Waals surface area contributed by atoms with Crippen LogP contribution in [-0.4, -0.2) is 5.78 Å². The summed E-state index contributed by atoms with van der Waals surface area (Å²) in [6.07, 6.45) is 11.2. The van der Waals surface area contributed by atoms with E-state index in [4.69, 9.17) is 0 Å². The Morgan fingerprint density at radius 2 is 1.87 bits per heavy atom. The first-order valence-electron chi connectivity index (χ1n) is 11.5. The summed E-state index contributed by atoms with van der Waals surface area (Å²) in [6.45, 7) is 6.31. The van der Waals surface area contributed by atoms with Crippen molar-refractivity contribution in [2.45, 2.75) is 52.9 Å². The molecule has 1 aromatic rings. The Labute approximate surface area is 179 Å². The van der Waals surface area contributed by atoms with Gasteiger partial charge >= 0.3 is 0 Å². The molecule has 4 aliphatic carbocycles. The van der Waals surface area contributed by atoms with Gasteiger partial charge in [-0.2, -0.15) is 0 Å². The Balaban J connectivity index is 1.47. The van der Waals surface area contributed by atoms with E-state index in [-0.39, 0.29) is 28.5 Å². The van der Waals surface area contributed by atoms with Gasteiger partial charge in [-0.3, -0.25) is 4.79 Å². The molecule has 2 saturated carbocycles. The smallest absolute Gasteiger partial charge is 0.133 e. The van der Waals surface area contributed by atoms with Crippen LogP contribution >= 0.6 is 0 Å². The number of rotatable bonds is 3. The minimum atomic E-state index is -0.166. The lowest BCUT2D eigenvalue weighted by atomic mass is 9.48. The van der Waals surface area contributed by atoms with Gasteiger partial charge in [0.25, 0.3) is 0 Å². The predicted octanol–water partition coefficient (Wildman–Crippen LogP) is 6.83. The average molecular weight is 406 g/mol. The molecule has 2 fully saturated rings. The number of hydrogen-bond donors (Lipinski definition) is 1. The molecule has 0 aromatic heterocycles. The molecule has 0 amide bonds. The molecular weight excluding hydrogens is 373 g/mol. The van der Waals surface area contributed by atoms with Crippen LogP contribution in [0.5, 0.6) is 0 Å². The third kappa shape index (κ3) is 2.85. The lowest BCUT2D eigenvalue weighted by molar-refractivity contribution is -0.126. The maximum atomic E-state index is 15.6. The predicted molar refractivity (Wildman–Crippen MR) is 119 cm³/mol. The van der Waals surface area contributed by atoms with E-state index >= 15 is 4.39 Å². The van der Waals surface area contributed by atoms with Crippen LogP contribution in [0.25, 0.3) is 0 Å². The molecule has 0 spiro atoms. The highest BCUT2D eigenvalue weighted by Gasteiger charge is 2.59. The van der Waals surface area contributed by atoms with Crippen LogP contribution < -0.4 is 5.32 Å². The SMILES string of the molecule is CC(=O)C1CCC2C3C=C(F)C4=CC(Nc5ccccc5)=CCC4(C)C3CCC12C. The van der Waals surface area contributed by atoms with E-state index in [1.165, 1.54) is 0 Å². The third-order valence-corrected chi connectivity index (χ3v) is 8.96. The highest BCUT2D eigenvalue weighted by molar-refractivity contribution is 5.79. The van der Waals surface area contributed by atoms with E-state index in [9.17, 15) is 4.79 Å². The molecule has 0 aliphatic heterocycles. The number of anilines is 1. The molecule has 158 valence electrons. The van der Waals surface area contributed by atoms with Gasteiger partial charge in [-0.05, 0) is 92.1 Å². The van der Waals surface area contributed by atoms with Crippen molar-refractivity contribution in [3.05, 3.63) is 65.7 Å². The third-order valence-electron chi connectivity index (χ3n) is 8.96. The Bertz CT molecular complexity index is 960. The monoisotopic (exact) mass is 405 g/mol. The topological polar surface area (TPSA) is 29.1 Å². The summed E-state index contributed by atoms with van der Waals surface area (Å²) in [7, 11) is 0. The zero-order valence-electron chi connectivity index (χ0n) is 18.2. The van der Waals surface area contributed by atoms with Crippen molar-refractivity contribution in [3.63, 3.8) is 0 Å². The standard InChI is InChI=1S/C27H32FNO/c1-17(30)21-9-10-22-20-16-25(28)24-15-19(29-18-7-5-4-6-8-18)11-13-27(24,3)23(20)12-14-26(21,22)2/h4-8,11,15-16,20-23,29H,9-10,12-14H2,1-3H3. The van der Waals surface area contributed by atoms with E-state index < -0.39 is 0 Å². The second kappa shape index (κ2) is 6.93. The second-order valence-corrected chi connectivity index (χ2v) is 10.4. The number of carbonyl (C=O) groups excluding carboxylic acids is 1. The van der Waals surface area contributed by atoms with Crippen LogP contribution in [0, 0.1) is 34.5 Å². The fraction of sp³-hybridized carbons (Fsp3) is 0.519. The first kappa shape index (κ1) is 19.8. The molecule has 1 N–H and O–H groups in total. The van der Waals surface area contributed by atoms with Gasteiger partial charge in [0.15, 0.2) is 0 Å². The zero-order chi connectivity index (χ0) is 21.1. The summed E-state index contributed by atoms with van der Waals surface area (Å²) in [5.74, 6) is 1.53. The largest absolute Gasteiger partial charge is 0.356 e. The Hall–Kier alpha value is -2.16. The van der Waals surface area contributed by atoms with Gasteiger partial charge in [0.2, 0.25) is 0 Å². The van der Waals surface area contributed by atoms with Crippen molar-refractivity contribution < 1.29 is 9.18 Å². The first-order valence-corrected chi connectivity index (χ1v) is 11.5.